The Hall–Kier alpha value is -3.70. The van der Waals surface area contributed by atoms with Crippen molar-refractivity contribution >= 4 is 27.3 Å². The number of pyridine rings is 1. The number of carbonyl (C=O) groups excluding carboxylic acids is 1. The number of sulfonamides is 1. The number of amides is 2. The van der Waals surface area contributed by atoms with Gasteiger partial charge in [-0.15, -0.1) is 0 Å². The van der Waals surface area contributed by atoms with Gasteiger partial charge in [-0.1, -0.05) is 18.2 Å². The first kappa shape index (κ1) is 22.5. The molecule has 1 fully saturated rings. The van der Waals surface area contributed by atoms with Crippen molar-refractivity contribution in [3.05, 3.63) is 65.9 Å². The van der Waals surface area contributed by atoms with Crippen LogP contribution in [-0.2, 0) is 34.1 Å². The first-order valence-corrected chi connectivity index (χ1v) is 14.0. The van der Waals surface area contributed by atoms with Crippen molar-refractivity contribution in [3.8, 4) is 11.1 Å². The van der Waals surface area contributed by atoms with Crippen molar-refractivity contribution in [2.24, 2.45) is 5.92 Å². The Kier molecular flexibility index (Phi) is 5.12. The fraction of sp³-hybridized carbons (Fsp3) is 0.346. The van der Waals surface area contributed by atoms with Gasteiger partial charge in [0.05, 0.1) is 42.6 Å². The van der Waals surface area contributed by atoms with Gasteiger partial charge in [0.2, 0.25) is 0 Å². The predicted molar refractivity (Wildman–Crippen MR) is 136 cm³/mol. The SMILES string of the molecule is O=C(Nc1c(-c2ccc3cncn3c2)ccc2c1CCC2)NS(=O)(=O)c1cc2n(n1)CCOC2C1CC1. The number of nitrogens with one attached hydrogen (secondary N) is 2. The minimum Gasteiger partial charge on any atom is -0.370 e. The summed E-state index contributed by atoms with van der Waals surface area (Å²) in [5.74, 6) is 0.405. The molecule has 1 aromatic carbocycles. The van der Waals surface area contributed by atoms with Crippen molar-refractivity contribution in [2.75, 3.05) is 11.9 Å². The molecular formula is C26H26N6O4S. The van der Waals surface area contributed by atoms with E-state index >= 15 is 0 Å². The van der Waals surface area contributed by atoms with Crippen LogP contribution in [0.15, 0.2) is 54.1 Å². The Balaban J connectivity index is 1.18. The van der Waals surface area contributed by atoms with Gasteiger partial charge in [-0.3, -0.25) is 4.68 Å². The summed E-state index contributed by atoms with van der Waals surface area (Å²) in [6.45, 7) is 0.983. The lowest BCUT2D eigenvalue weighted by Crippen LogP contribution is -2.35. The quantitative estimate of drug-likeness (QED) is 0.416. The molecule has 3 aromatic heterocycles. The van der Waals surface area contributed by atoms with Crippen LogP contribution in [0.3, 0.4) is 0 Å². The summed E-state index contributed by atoms with van der Waals surface area (Å²) in [6.07, 6.45) is 10.2. The zero-order valence-electron chi connectivity index (χ0n) is 20.1. The van der Waals surface area contributed by atoms with Crippen LogP contribution in [0.5, 0.6) is 0 Å². The maximum atomic E-state index is 13.1. The van der Waals surface area contributed by atoms with Gasteiger partial charge in [-0.2, -0.15) is 13.5 Å². The summed E-state index contributed by atoms with van der Waals surface area (Å²) in [7, 11) is -4.18. The van der Waals surface area contributed by atoms with Gasteiger partial charge in [0.15, 0.2) is 5.03 Å². The third-order valence-electron chi connectivity index (χ3n) is 7.47. The molecule has 0 spiro atoms. The lowest BCUT2D eigenvalue weighted by Gasteiger charge is -2.23. The number of aryl methyl sites for hydroxylation is 1. The fourth-order valence-corrected chi connectivity index (χ4v) is 6.40. The lowest BCUT2D eigenvalue weighted by molar-refractivity contribution is 0.00273. The summed E-state index contributed by atoms with van der Waals surface area (Å²) < 4.78 is 37.9. The molecule has 4 heterocycles. The predicted octanol–water partition coefficient (Wildman–Crippen LogP) is 3.68. The Morgan fingerprint density at radius 1 is 1.14 bits per heavy atom. The standard InChI is InChI=1S/C26H26N6O4S/c33-26(30-37(34,35)23-12-22-25(17-4-5-17)36-11-10-32(22)29-23)28-24-20-3-1-2-16(20)7-9-21(24)18-6-8-19-13-27-15-31(19)14-18/h6-9,12-15,17,25H,1-5,10-11H2,(H2,28,30,33). The van der Waals surface area contributed by atoms with Gasteiger partial charge in [0.1, 0.15) is 6.10 Å². The molecule has 37 heavy (non-hydrogen) atoms. The number of aromatic nitrogens is 4. The number of hydrogen-bond acceptors (Lipinski definition) is 6. The summed E-state index contributed by atoms with van der Waals surface area (Å²) in [5.41, 5.74) is 6.27. The van der Waals surface area contributed by atoms with Gasteiger partial charge in [0.25, 0.3) is 10.0 Å². The van der Waals surface area contributed by atoms with E-state index in [1.807, 2.05) is 28.8 Å². The zero-order chi connectivity index (χ0) is 25.1. The zero-order valence-corrected chi connectivity index (χ0v) is 20.9. The van der Waals surface area contributed by atoms with E-state index in [1.165, 1.54) is 11.6 Å². The highest BCUT2D eigenvalue weighted by Gasteiger charge is 2.38. The Morgan fingerprint density at radius 2 is 2.03 bits per heavy atom. The summed E-state index contributed by atoms with van der Waals surface area (Å²) >= 11 is 0. The molecule has 190 valence electrons. The van der Waals surface area contributed by atoms with Gasteiger partial charge < -0.3 is 14.5 Å². The Bertz CT molecular complexity index is 1650. The highest BCUT2D eigenvalue weighted by atomic mass is 32.2. The number of ether oxygens (including phenoxy) is 1. The van der Waals surface area contributed by atoms with E-state index < -0.39 is 16.1 Å². The second kappa shape index (κ2) is 8.42. The number of benzene rings is 1. The third-order valence-corrected chi connectivity index (χ3v) is 8.68. The molecule has 3 aliphatic rings. The molecule has 1 aliphatic heterocycles. The molecule has 0 radical (unpaired) electrons. The number of hydrogen-bond donors (Lipinski definition) is 2. The van der Waals surface area contributed by atoms with Gasteiger partial charge >= 0.3 is 6.03 Å². The van der Waals surface area contributed by atoms with E-state index in [9.17, 15) is 13.2 Å². The highest BCUT2D eigenvalue weighted by Crippen LogP contribution is 2.45. The normalized spacial score (nSPS) is 19.0. The van der Waals surface area contributed by atoms with E-state index in [1.54, 1.807) is 17.2 Å². The molecular weight excluding hydrogens is 492 g/mol. The molecule has 0 saturated heterocycles. The molecule has 10 nitrogen and oxygen atoms in total. The minimum absolute atomic E-state index is 0.138. The first-order valence-electron chi connectivity index (χ1n) is 12.6. The van der Waals surface area contributed by atoms with Crippen LogP contribution in [0, 0.1) is 5.92 Å². The number of urea groups is 1. The maximum absolute atomic E-state index is 13.1. The molecule has 0 bridgehead atoms. The van der Waals surface area contributed by atoms with Gasteiger partial charge in [0, 0.05) is 23.4 Å². The summed E-state index contributed by atoms with van der Waals surface area (Å²) in [5, 5.41) is 6.98. The number of imidazole rings is 1. The number of nitrogens with zero attached hydrogens (tertiary/aromatic N) is 4. The van der Waals surface area contributed by atoms with Crippen molar-refractivity contribution in [2.45, 2.75) is 49.8 Å². The monoisotopic (exact) mass is 518 g/mol. The molecule has 4 aromatic rings. The van der Waals surface area contributed by atoms with Crippen LogP contribution in [0.25, 0.3) is 16.6 Å². The average molecular weight is 519 g/mol. The largest absolute Gasteiger partial charge is 0.370 e. The average Bonchev–Trinajstić information content (AvgIpc) is 3.26. The molecule has 7 rings (SSSR count). The van der Waals surface area contributed by atoms with E-state index in [0.717, 1.165) is 60.0 Å². The third kappa shape index (κ3) is 3.98. The molecule has 2 N–H and O–H groups in total. The molecule has 1 atom stereocenters. The second-order valence-electron chi connectivity index (χ2n) is 9.94. The van der Waals surface area contributed by atoms with Crippen LogP contribution in [0.1, 0.15) is 42.2 Å². The van der Waals surface area contributed by atoms with Crippen molar-refractivity contribution < 1.29 is 17.9 Å². The van der Waals surface area contributed by atoms with Crippen LogP contribution >= 0.6 is 0 Å². The fourth-order valence-electron chi connectivity index (χ4n) is 5.52. The van der Waals surface area contributed by atoms with E-state index in [2.05, 4.69) is 26.2 Å². The first-order chi connectivity index (χ1) is 18.0. The Morgan fingerprint density at radius 3 is 2.89 bits per heavy atom. The van der Waals surface area contributed by atoms with Crippen molar-refractivity contribution in [1.29, 1.82) is 0 Å². The smallest absolute Gasteiger partial charge is 0.333 e. The Labute approximate surface area is 213 Å². The number of rotatable bonds is 5. The minimum atomic E-state index is -4.18. The van der Waals surface area contributed by atoms with Crippen LogP contribution in [0.2, 0.25) is 0 Å². The topological polar surface area (TPSA) is 120 Å². The number of fused-ring (bicyclic) bond motifs is 3. The molecule has 11 heteroatoms. The summed E-state index contributed by atoms with van der Waals surface area (Å²) in [6, 6.07) is 8.72. The molecule has 1 unspecified atom stereocenters. The molecule has 2 aliphatic carbocycles. The number of anilines is 1. The molecule has 2 amide bonds. The van der Waals surface area contributed by atoms with Gasteiger partial charge in [-0.05, 0) is 55.2 Å². The van der Waals surface area contributed by atoms with E-state index in [4.69, 9.17) is 4.74 Å². The maximum Gasteiger partial charge on any atom is 0.333 e. The van der Waals surface area contributed by atoms with Crippen molar-refractivity contribution in [3.63, 3.8) is 0 Å². The van der Waals surface area contributed by atoms with E-state index in [0.29, 0.717) is 24.8 Å². The van der Waals surface area contributed by atoms with Crippen LogP contribution in [0.4, 0.5) is 10.5 Å². The van der Waals surface area contributed by atoms with Crippen LogP contribution in [-0.4, -0.2) is 40.2 Å². The van der Waals surface area contributed by atoms with E-state index in [-0.39, 0.29) is 11.1 Å². The summed E-state index contributed by atoms with van der Waals surface area (Å²) in [4.78, 5) is 17.3. The highest BCUT2D eigenvalue weighted by molar-refractivity contribution is 7.90. The second-order valence-corrected chi connectivity index (χ2v) is 11.6. The lowest BCUT2D eigenvalue weighted by atomic mass is 9.98. The van der Waals surface area contributed by atoms with Gasteiger partial charge in [-0.25, -0.2) is 14.5 Å². The number of carbonyl (C=O) groups is 1. The van der Waals surface area contributed by atoms with Crippen molar-refractivity contribution in [1.82, 2.24) is 23.9 Å². The van der Waals surface area contributed by atoms with Crippen LogP contribution < -0.4 is 10.0 Å². The molecule has 1 saturated carbocycles.